The molecule has 0 atom stereocenters. The lowest BCUT2D eigenvalue weighted by molar-refractivity contribution is -0.125. The Kier molecular flexibility index (Phi) is 5.55. The highest BCUT2D eigenvalue weighted by atomic mass is 35.5. The second-order valence-corrected chi connectivity index (χ2v) is 5.45. The lowest BCUT2D eigenvalue weighted by Crippen LogP contribution is -2.54. The van der Waals surface area contributed by atoms with Crippen LogP contribution in [0.3, 0.4) is 0 Å². The van der Waals surface area contributed by atoms with Crippen molar-refractivity contribution in [3.8, 4) is 0 Å². The van der Waals surface area contributed by atoms with E-state index in [4.69, 9.17) is 11.6 Å². The van der Waals surface area contributed by atoms with Gasteiger partial charge in [0.25, 0.3) is 11.8 Å². The number of nitrogens with zero attached hydrogens (tertiary/aromatic N) is 2. The summed E-state index contributed by atoms with van der Waals surface area (Å²) in [5.74, 6) is -0.512. The zero-order chi connectivity index (χ0) is 15.2. The Morgan fingerprint density at radius 2 is 1.76 bits per heavy atom. The van der Waals surface area contributed by atoms with Gasteiger partial charge in [-0.15, -0.1) is 0 Å². The molecule has 1 fully saturated rings. The molecule has 2 rings (SSSR count). The average Bonchev–Trinajstić information content (AvgIpc) is 2.48. The van der Waals surface area contributed by atoms with Crippen molar-refractivity contribution in [3.63, 3.8) is 0 Å². The summed E-state index contributed by atoms with van der Waals surface area (Å²) in [6, 6.07) is 6.52. The van der Waals surface area contributed by atoms with E-state index in [0.717, 1.165) is 26.2 Å². The molecule has 0 aromatic heterocycles. The van der Waals surface area contributed by atoms with Gasteiger partial charge in [-0.1, -0.05) is 11.6 Å². The third-order valence-corrected chi connectivity index (χ3v) is 3.55. The molecular formula is C14H19ClN4O2. The summed E-state index contributed by atoms with van der Waals surface area (Å²) in [5.41, 5.74) is 3.27. The molecule has 0 saturated carbocycles. The molecule has 2 N–H and O–H groups in total. The molecule has 7 heteroatoms. The third kappa shape index (κ3) is 5.00. The summed E-state index contributed by atoms with van der Waals surface area (Å²) in [7, 11) is 2.05. The molecular weight excluding hydrogens is 292 g/mol. The number of amides is 2. The fraction of sp³-hybridized carbons (Fsp3) is 0.429. The van der Waals surface area contributed by atoms with Gasteiger partial charge in [-0.3, -0.25) is 15.0 Å². The molecule has 114 valence electrons. The van der Waals surface area contributed by atoms with Gasteiger partial charge in [0, 0.05) is 36.8 Å². The number of carbonyl (C=O) groups excluding carboxylic acids is 2. The number of hydrogen-bond acceptors (Lipinski definition) is 4. The van der Waals surface area contributed by atoms with E-state index in [1.165, 1.54) is 0 Å². The number of carbonyl (C=O) groups is 2. The number of rotatable bonds is 4. The maximum atomic E-state index is 11.8. The topological polar surface area (TPSA) is 64.7 Å². The monoisotopic (exact) mass is 310 g/mol. The van der Waals surface area contributed by atoms with E-state index >= 15 is 0 Å². The summed E-state index contributed by atoms with van der Waals surface area (Å²) in [4.78, 5) is 25.8. The molecule has 1 aromatic rings. The van der Waals surface area contributed by atoms with E-state index in [0.29, 0.717) is 10.6 Å². The molecule has 0 radical (unpaired) electrons. The molecule has 1 aliphatic rings. The first kappa shape index (κ1) is 15.8. The quantitative estimate of drug-likeness (QED) is 0.842. The Hall–Kier alpha value is -1.63. The van der Waals surface area contributed by atoms with Crippen LogP contribution in [0, 0.1) is 0 Å². The van der Waals surface area contributed by atoms with Crippen LogP contribution in [0.25, 0.3) is 0 Å². The molecule has 0 spiro atoms. The first-order chi connectivity index (χ1) is 10.0. The summed E-state index contributed by atoms with van der Waals surface area (Å²) in [6.45, 7) is 3.35. The Labute approximate surface area is 129 Å². The maximum absolute atomic E-state index is 11.8. The summed E-state index contributed by atoms with van der Waals surface area (Å²) < 4.78 is 0. The van der Waals surface area contributed by atoms with E-state index in [-0.39, 0.29) is 18.4 Å². The van der Waals surface area contributed by atoms with Crippen molar-refractivity contribution in [3.05, 3.63) is 34.9 Å². The van der Waals surface area contributed by atoms with Crippen molar-refractivity contribution >= 4 is 23.4 Å². The van der Waals surface area contributed by atoms with E-state index in [1.54, 1.807) is 24.3 Å². The maximum Gasteiger partial charge on any atom is 0.253 e. The van der Waals surface area contributed by atoms with Gasteiger partial charge < -0.3 is 10.2 Å². The van der Waals surface area contributed by atoms with Crippen molar-refractivity contribution in [2.24, 2.45) is 0 Å². The highest BCUT2D eigenvalue weighted by molar-refractivity contribution is 6.30. The predicted octanol–water partition coefficient (Wildman–Crippen LogP) is 0.348. The van der Waals surface area contributed by atoms with Gasteiger partial charge in [0.05, 0.1) is 6.54 Å². The second kappa shape index (κ2) is 7.40. The van der Waals surface area contributed by atoms with Crippen LogP contribution in [0.15, 0.2) is 24.3 Å². The number of likely N-dealkylation sites (N-methyl/N-ethyl adjacent to an activating group) is 1. The third-order valence-electron chi connectivity index (χ3n) is 3.30. The molecule has 6 nitrogen and oxygen atoms in total. The van der Waals surface area contributed by atoms with Crippen LogP contribution in [0.2, 0.25) is 5.02 Å². The van der Waals surface area contributed by atoms with Crippen LogP contribution in [0.5, 0.6) is 0 Å². The van der Waals surface area contributed by atoms with E-state index in [9.17, 15) is 9.59 Å². The molecule has 1 heterocycles. The molecule has 1 aliphatic heterocycles. The van der Waals surface area contributed by atoms with E-state index in [2.05, 4.69) is 15.6 Å². The van der Waals surface area contributed by atoms with Gasteiger partial charge in [0.15, 0.2) is 0 Å². The predicted molar refractivity (Wildman–Crippen MR) is 81.0 cm³/mol. The van der Waals surface area contributed by atoms with Crippen molar-refractivity contribution in [1.82, 2.24) is 20.7 Å². The summed E-state index contributed by atoms with van der Waals surface area (Å²) in [5, 5.41) is 5.03. The largest absolute Gasteiger partial charge is 0.343 e. The van der Waals surface area contributed by atoms with Crippen molar-refractivity contribution in [2.45, 2.75) is 0 Å². The van der Waals surface area contributed by atoms with Gasteiger partial charge in [0.1, 0.15) is 0 Å². The number of benzene rings is 1. The molecule has 1 saturated heterocycles. The number of nitrogens with one attached hydrogen (secondary N) is 2. The molecule has 2 amide bonds. The van der Waals surface area contributed by atoms with Crippen LogP contribution < -0.4 is 10.7 Å². The first-order valence-electron chi connectivity index (χ1n) is 6.81. The van der Waals surface area contributed by atoms with Gasteiger partial charge in [-0.2, -0.15) is 0 Å². The molecule has 0 bridgehead atoms. The normalized spacial score (nSPS) is 16.5. The SMILES string of the molecule is CN1CCN(NC(=O)CNC(=O)c2ccc(Cl)cc2)CC1. The van der Waals surface area contributed by atoms with Crippen molar-refractivity contribution in [1.29, 1.82) is 0 Å². The van der Waals surface area contributed by atoms with Gasteiger partial charge >= 0.3 is 0 Å². The zero-order valence-electron chi connectivity index (χ0n) is 11.9. The van der Waals surface area contributed by atoms with Crippen LogP contribution in [-0.4, -0.2) is 61.5 Å². The first-order valence-corrected chi connectivity index (χ1v) is 7.19. The number of halogens is 1. The lowest BCUT2D eigenvalue weighted by atomic mass is 10.2. The average molecular weight is 311 g/mol. The highest BCUT2D eigenvalue weighted by Gasteiger charge is 2.16. The lowest BCUT2D eigenvalue weighted by Gasteiger charge is -2.32. The van der Waals surface area contributed by atoms with Crippen LogP contribution in [0.4, 0.5) is 0 Å². The molecule has 21 heavy (non-hydrogen) atoms. The van der Waals surface area contributed by atoms with Gasteiger partial charge in [-0.25, -0.2) is 5.01 Å². The minimum Gasteiger partial charge on any atom is -0.343 e. The zero-order valence-corrected chi connectivity index (χ0v) is 12.7. The Bertz CT molecular complexity index is 498. The van der Waals surface area contributed by atoms with Gasteiger partial charge in [-0.05, 0) is 31.3 Å². The Morgan fingerprint density at radius 1 is 1.14 bits per heavy atom. The van der Waals surface area contributed by atoms with E-state index in [1.807, 2.05) is 12.1 Å². The van der Waals surface area contributed by atoms with Crippen LogP contribution in [-0.2, 0) is 4.79 Å². The number of piperazine rings is 1. The summed E-state index contributed by atoms with van der Waals surface area (Å²) >= 11 is 5.76. The summed E-state index contributed by atoms with van der Waals surface area (Å²) in [6.07, 6.45) is 0. The van der Waals surface area contributed by atoms with Crippen molar-refractivity contribution < 1.29 is 9.59 Å². The standard InChI is InChI=1S/C14H19ClN4O2/c1-18-6-8-19(9-7-18)17-13(20)10-16-14(21)11-2-4-12(15)5-3-11/h2-5H,6-10H2,1H3,(H,16,21)(H,17,20). The second-order valence-electron chi connectivity index (χ2n) is 5.01. The smallest absolute Gasteiger partial charge is 0.253 e. The van der Waals surface area contributed by atoms with E-state index < -0.39 is 0 Å². The fourth-order valence-corrected chi connectivity index (χ4v) is 2.12. The Balaban J connectivity index is 1.73. The Morgan fingerprint density at radius 3 is 2.38 bits per heavy atom. The number of hydrogen-bond donors (Lipinski definition) is 2. The van der Waals surface area contributed by atoms with Gasteiger partial charge in [0.2, 0.25) is 0 Å². The minimum absolute atomic E-state index is 0.0478. The molecule has 0 aliphatic carbocycles. The molecule has 0 unspecified atom stereocenters. The van der Waals surface area contributed by atoms with Crippen molar-refractivity contribution in [2.75, 3.05) is 39.8 Å². The fourth-order valence-electron chi connectivity index (χ4n) is 2.00. The molecule has 1 aromatic carbocycles. The highest BCUT2D eigenvalue weighted by Crippen LogP contribution is 2.09. The van der Waals surface area contributed by atoms with Crippen LogP contribution in [0.1, 0.15) is 10.4 Å². The number of hydrazine groups is 1. The minimum atomic E-state index is -0.291. The van der Waals surface area contributed by atoms with Crippen LogP contribution >= 0.6 is 11.6 Å².